The van der Waals surface area contributed by atoms with Crippen molar-refractivity contribution in [3.05, 3.63) is 28.7 Å². The lowest BCUT2D eigenvalue weighted by Gasteiger charge is -2.32. The molecule has 0 amide bonds. The molecule has 0 radical (unpaired) electrons. The van der Waals surface area contributed by atoms with Crippen LogP contribution in [0.2, 0.25) is 0 Å². The second-order valence-corrected chi connectivity index (χ2v) is 5.84. The van der Waals surface area contributed by atoms with E-state index in [9.17, 15) is 8.78 Å². The van der Waals surface area contributed by atoms with Gasteiger partial charge in [0.05, 0.1) is 13.2 Å². The van der Waals surface area contributed by atoms with Crippen molar-refractivity contribution in [3.63, 3.8) is 0 Å². The zero-order valence-corrected chi connectivity index (χ0v) is 13.5. The fraction of sp³-hybridized carbons (Fsp3) is 0.571. The molecule has 1 aromatic carbocycles. The average Bonchev–Trinajstić information content (AvgIpc) is 2.36. The molecule has 6 heteroatoms. The van der Waals surface area contributed by atoms with Gasteiger partial charge in [-0.1, -0.05) is 22.0 Å². The standard InChI is InChI=1S/C14H18BrF2NO.ClH/c15-12-4-1-5-13(7-12)19-10-11-3-2-6-18(8-11)9-14(16)17;/h1,4-5,7,11,14H,2-3,6,8-10H2;1H/t11-;/m1./s1. The van der Waals surface area contributed by atoms with E-state index in [1.165, 1.54) is 0 Å². The molecule has 1 aliphatic rings. The maximum absolute atomic E-state index is 12.4. The average molecular weight is 371 g/mol. The minimum atomic E-state index is -2.25. The van der Waals surface area contributed by atoms with E-state index in [0.717, 1.165) is 29.6 Å². The van der Waals surface area contributed by atoms with Crippen LogP contribution in [0.3, 0.4) is 0 Å². The second-order valence-electron chi connectivity index (χ2n) is 4.93. The third-order valence-corrected chi connectivity index (χ3v) is 3.77. The van der Waals surface area contributed by atoms with Crippen molar-refractivity contribution in [1.82, 2.24) is 4.90 Å². The summed E-state index contributed by atoms with van der Waals surface area (Å²) in [7, 11) is 0. The fourth-order valence-electron chi connectivity index (χ4n) is 2.42. The van der Waals surface area contributed by atoms with Gasteiger partial charge in [-0.3, -0.25) is 4.90 Å². The quantitative estimate of drug-likeness (QED) is 0.769. The number of rotatable bonds is 5. The summed E-state index contributed by atoms with van der Waals surface area (Å²) in [5.41, 5.74) is 0. The van der Waals surface area contributed by atoms with Crippen LogP contribution in [-0.4, -0.2) is 37.6 Å². The van der Waals surface area contributed by atoms with Crippen LogP contribution in [0.25, 0.3) is 0 Å². The van der Waals surface area contributed by atoms with Crippen molar-refractivity contribution in [2.75, 3.05) is 26.2 Å². The van der Waals surface area contributed by atoms with Gasteiger partial charge in [-0.15, -0.1) is 12.4 Å². The SMILES string of the molecule is Cl.FC(F)CN1CCC[C@@H](COc2cccc(Br)c2)C1. The summed E-state index contributed by atoms with van der Waals surface area (Å²) in [6.07, 6.45) is -0.225. The van der Waals surface area contributed by atoms with Gasteiger partial charge in [0.2, 0.25) is 0 Å². The molecule has 114 valence electrons. The molecular weight excluding hydrogens is 352 g/mol. The van der Waals surface area contributed by atoms with E-state index in [1.807, 2.05) is 29.2 Å². The lowest BCUT2D eigenvalue weighted by atomic mass is 9.99. The van der Waals surface area contributed by atoms with E-state index < -0.39 is 6.43 Å². The monoisotopic (exact) mass is 369 g/mol. The number of benzene rings is 1. The number of hydrogen-bond donors (Lipinski definition) is 0. The summed E-state index contributed by atoms with van der Waals surface area (Å²) in [5.74, 6) is 1.16. The molecule has 2 nitrogen and oxygen atoms in total. The number of likely N-dealkylation sites (tertiary alicyclic amines) is 1. The molecule has 0 aromatic heterocycles. The maximum Gasteiger partial charge on any atom is 0.251 e. The van der Waals surface area contributed by atoms with Gasteiger partial charge < -0.3 is 4.74 Å². The highest BCUT2D eigenvalue weighted by Crippen LogP contribution is 2.21. The first-order valence-electron chi connectivity index (χ1n) is 6.52. The Labute approximate surface area is 133 Å². The Hall–Kier alpha value is -0.390. The third-order valence-electron chi connectivity index (χ3n) is 3.28. The Kier molecular flexibility index (Phi) is 7.77. The molecule has 20 heavy (non-hydrogen) atoms. The highest BCUT2D eigenvalue weighted by atomic mass is 79.9. The Morgan fingerprint density at radius 2 is 2.20 bits per heavy atom. The lowest BCUT2D eigenvalue weighted by molar-refractivity contribution is 0.0552. The van der Waals surface area contributed by atoms with Gasteiger partial charge in [0.1, 0.15) is 5.75 Å². The number of nitrogens with zero attached hydrogens (tertiary/aromatic N) is 1. The minimum Gasteiger partial charge on any atom is -0.493 e. The first kappa shape index (κ1) is 17.7. The summed E-state index contributed by atoms with van der Waals surface area (Å²) < 4.78 is 31.4. The summed E-state index contributed by atoms with van der Waals surface area (Å²) in [6, 6.07) is 7.69. The van der Waals surface area contributed by atoms with E-state index in [4.69, 9.17) is 4.74 Å². The van der Waals surface area contributed by atoms with Crippen LogP contribution >= 0.6 is 28.3 Å². The highest BCUT2D eigenvalue weighted by molar-refractivity contribution is 9.10. The van der Waals surface area contributed by atoms with Crippen LogP contribution in [0.15, 0.2) is 28.7 Å². The van der Waals surface area contributed by atoms with Gasteiger partial charge in [-0.25, -0.2) is 8.78 Å². The topological polar surface area (TPSA) is 12.5 Å². The molecule has 0 bridgehead atoms. The smallest absolute Gasteiger partial charge is 0.251 e. The van der Waals surface area contributed by atoms with Gasteiger partial charge >= 0.3 is 0 Å². The first-order valence-corrected chi connectivity index (χ1v) is 7.31. The molecule has 1 aliphatic heterocycles. The highest BCUT2D eigenvalue weighted by Gasteiger charge is 2.22. The Balaban J connectivity index is 0.00000200. The van der Waals surface area contributed by atoms with Crippen molar-refractivity contribution < 1.29 is 13.5 Å². The van der Waals surface area contributed by atoms with E-state index in [-0.39, 0.29) is 19.0 Å². The largest absolute Gasteiger partial charge is 0.493 e. The van der Waals surface area contributed by atoms with E-state index in [2.05, 4.69) is 15.9 Å². The van der Waals surface area contributed by atoms with Crippen LogP contribution in [0.4, 0.5) is 8.78 Å². The molecule has 0 aliphatic carbocycles. The Bertz CT molecular complexity index is 409. The molecule has 1 atom stereocenters. The van der Waals surface area contributed by atoms with Crippen LogP contribution in [-0.2, 0) is 0 Å². The Morgan fingerprint density at radius 3 is 2.90 bits per heavy atom. The lowest BCUT2D eigenvalue weighted by Crippen LogP contribution is -2.40. The number of halogens is 4. The van der Waals surface area contributed by atoms with Crippen LogP contribution in [0.1, 0.15) is 12.8 Å². The molecule has 1 saturated heterocycles. The van der Waals surface area contributed by atoms with E-state index >= 15 is 0 Å². The number of hydrogen-bond acceptors (Lipinski definition) is 2. The molecule has 1 heterocycles. The third kappa shape index (κ3) is 5.94. The van der Waals surface area contributed by atoms with Crippen molar-refractivity contribution >= 4 is 28.3 Å². The summed E-state index contributed by atoms with van der Waals surface area (Å²) in [5, 5.41) is 0. The molecule has 0 spiro atoms. The molecule has 1 aromatic rings. The molecule has 0 saturated carbocycles. The van der Waals surface area contributed by atoms with Gasteiger partial charge in [0, 0.05) is 16.9 Å². The molecule has 1 fully saturated rings. The number of ether oxygens (including phenoxy) is 1. The number of piperidine rings is 1. The second kappa shape index (κ2) is 8.80. The fourth-order valence-corrected chi connectivity index (χ4v) is 2.80. The molecule has 0 unspecified atom stereocenters. The summed E-state index contributed by atoms with van der Waals surface area (Å²) >= 11 is 3.39. The van der Waals surface area contributed by atoms with Gasteiger partial charge in [-0.2, -0.15) is 0 Å². The first-order chi connectivity index (χ1) is 9.13. The van der Waals surface area contributed by atoms with Crippen LogP contribution in [0, 0.1) is 5.92 Å². The van der Waals surface area contributed by atoms with Gasteiger partial charge in [0.25, 0.3) is 6.43 Å². The van der Waals surface area contributed by atoms with Crippen LogP contribution < -0.4 is 4.74 Å². The van der Waals surface area contributed by atoms with Crippen molar-refractivity contribution in [1.29, 1.82) is 0 Å². The molecular formula is C14H19BrClF2NO. The van der Waals surface area contributed by atoms with Crippen molar-refractivity contribution in [2.45, 2.75) is 19.3 Å². The maximum atomic E-state index is 12.4. The van der Waals surface area contributed by atoms with E-state index in [0.29, 0.717) is 19.1 Å². The Morgan fingerprint density at radius 1 is 1.40 bits per heavy atom. The van der Waals surface area contributed by atoms with E-state index in [1.54, 1.807) is 0 Å². The molecule has 0 N–H and O–H groups in total. The zero-order valence-electron chi connectivity index (χ0n) is 11.1. The van der Waals surface area contributed by atoms with Crippen molar-refractivity contribution in [3.8, 4) is 5.75 Å². The van der Waals surface area contributed by atoms with Gasteiger partial charge in [0.15, 0.2) is 0 Å². The van der Waals surface area contributed by atoms with Crippen LogP contribution in [0.5, 0.6) is 5.75 Å². The van der Waals surface area contributed by atoms with Gasteiger partial charge in [-0.05, 0) is 37.6 Å². The predicted octanol–water partition coefficient (Wildman–Crippen LogP) is 4.23. The summed E-state index contributed by atoms with van der Waals surface area (Å²) in [4.78, 5) is 1.84. The van der Waals surface area contributed by atoms with Crippen molar-refractivity contribution in [2.24, 2.45) is 5.92 Å². The predicted molar refractivity (Wildman–Crippen MR) is 82.1 cm³/mol. The minimum absolute atomic E-state index is 0. The zero-order chi connectivity index (χ0) is 13.7. The summed E-state index contributed by atoms with van der Waals surface area (Å²) in [6.45, 7) is 1.96. The number of alkyl halides is 2. The normalized spacial score (nSPS) is 19.7. The molecule has 2 rings (SSSR count).